The molecule has 4 heterocycles. The lowest BCUT2D eigenvalue weighted by Crippen LogP contribution is -2.42. The molecular formula is C27H30N4O5. The summed E-state index contributed by atoms with van der Waals surface area (Å²) in [7, 11) is 1.55. The second kappa shape index (κ2) is 9.75. The molecule has 1 atom stereocenters. The Hall–Kier alpha value is -3.69. The first-order valence-corrected chi connectivity index (χ1v) is 12.1. The molecule has 1 N–H and O–H groups in total. The molecule has 0 bridgehead atoms. The number of ketones is 1. The maximum Gasteiger partial charge on any atom is 0.295 e. The lowest BCUT2D eigenvalue weighted by Gasteiger charge is -2.31. The van der Waals surface area contributed by atoms with E-state index in [1.165, 1.54) is 0 Å². The smallest absolute Gasteiger partial charge is 0.295 e. The van der Waals surface area contributed by atoms with Gasteiger partial charge in [0.15, 0.2) is 5.76 Å². The van der Waals surface area contributed by atoms with Gasteiger partial charge in [-0.2, -0.15) is 0 Å². The first-order chi connectivity index (χ1) is 17.4. The van der Waals surface area contributed by atoms with Crippen LogP contribution in [0.15, 0.2) is 48.2 Å². The average Bonchev–Trinajstić information content (AvgIpc) is 3.37. The SMILES string of the molecule is COc1ccccc1[C@H]1C(=C(O)c2c(C)nc3c(C)cccn23)C(=O)C(=O)N1CCN1CCOCC1. The molecule has 2 saturated heterocycles. The molecular weight excluding hydrogens is 460 g/mol. The number of imidazole rings is 1. The van der Waals surface area contributed by atoms with Gasteiger partial charge in [-0.05, 0) is 31.5 Å². The zero-order chi connectivity index (χ0) is 25.4. The Morgan fingerprint density at radius 3 is 2.61 bits per heavy atom. The minimum absolute atomic E-state index is 0.0397. The zero-order valence-corrected chi connectivity index (χ0v) is 20.7. The van der Waals surface area contributed by atoms with E-state index in [2.05, 4.69) is 9.88 Å². The maximum absolute atomic E-state index is 13.5. The molecule has 1 aromatic carbocycles. The van der Waals surface area contributed by atoms with Crippen molar-refractivity contribution in [3.63, 3.8) is 0 Å². The van der Waals surface area contributed by atoms with E-state index in [4.69, 9.17) is 9.47 Å². The van der Waals surface area contributed by atoms with Crippen LogP contribution in [0.1, 0.15) is 28.6 Å². The molecule has 0 spiro atoms. The molecule has 0 unspecified atom stereocenters. The lowest BCUT2D eigenvalue weighted by molar-refractivity contribution is -0.140. The number of benzene rings is 1. The number of Topliss-reactive ketones (excluding diaryl/α,β-unsaturated/α-hetero) is 1. The number of nitrogens with zero attached hydrogens (tertiary/aromatic N) is 4. The fourth-order valence-corrected chi connectivity index (χ4v) is 5.13. The predicted molar refractivity (Wildman–Crippen MR) is 134 cm³/mol. The van der Waals surface area contributed by atoms with Crippen molar-refractivity contribution in [2.24, 2.45) is 0 Å². The minimum atomic E-state index is -0.794. The highest BCUT2D eigenvalue weighted by Gasteiger charge is 2.47. The van der Waals surface area contributed by atoms with Gasteiger partial charge in [-0.3, -0.25) is 18.9 Å². The average molecular weight is 491 g/mol. The van der Waals surface area contributed by atoms with E-state index in [0.717, 1.165) is 18.7 Å². The van der Waals surface area contributed by atoms with Crippen LogP contribution in [0.3, 0.4) is 0 Å². The summed E-state index contributed by atoms with van der Waals surface area (Å²) in [5.74, 6) is -1.05. The number of morpholine rings is 1. The van der Waals surface area contributed by atoms with Crippen molar-refractivity contribution in [3.8, 4) is 5.75 Å². The summed E-state index contributed by atoms with van der Waals surface area (Å²) in [5.41, 5.74) is 3.28. The Bertz CT molecular complexity index is 1360. The number of aromatic nitrogens is 2. The van der Waals surface area contributed by atoms with Gasteiger partial charge in [-0.15, -0.1) is 0 Å². The molecule has 2 fully saturated rings. The standard InChI is InChI=1S/C27H30N4O5/c1-17-7-6-10-30-22(18(2)28-26(17)30)24(32)21-23(19-8-4-5-9-20(19)35-3)31(27(34)25(21)33)12-11-29-13-15-36-16-14-29/h4-10,23,32H,11-16H2,1-3H3/t23-/m0/s1. The molecule has 9 heteroatoms. The largest absolute Gasteiger partial charge is 0.505 e. The van der Waals surface area contributed by atoms with Crippen molar-refractivity contribution in [2.45, 2.75) is 19.9 Å². The molecule has 9 nitrogen and oxygen atoms in total. The number of carbonyl (C=O) groups excluding carboxylic acids is 2. The van der Waals surface area contributed by atoms with Crippen LogP contribution < -0.4 is 4.74 Å². The molecule has 0 aliphatic carbocycles. The molecule has 5 rings (SSSR count). The highest BCUT2D eigenvalue weighted by atomic mass is 16.5. The van der Waals surface area contributed by atoms with Gasteiger partial charge in [0.2, 0.25) is 0 Å². The number of rotatable bonds is 6. The summed E-state index contributed by atoms with van der Waals surface area (Å²) in [6.07, 6.45) is 1.80. The number of carbonyl (C=O) groups is 2. The number of methoxy groups -OCH3 is 1. The van der Waals surface area contributed by atoms with Gasteiger partial charge in [-0.25, -0.2) is 4.98 Å². The highest BCUT2D eigenvalue weighted by Crippen LogP contribution is 2.43. The van der Waals surface area contributed by atoms with Gasteiger partial charge in [-0.1, -0.05) is 24.3 Å². The molecule has 0 saturated carbocycles. The molecule has 2 aromatic heterocycles. The van der Waals surface area contributed by atoms with Gasteiger partial charge >= 0.3 is 0 Å². The third kappa shape index (κ3) is 4.04. The first kappa shape index (κ1) is 24.0. The van der Waals surface area contributed by atoms with Crippen molar-refractivity contribution in [1.29, 1.82) is 0 Å². The summed E-state index contributed by atoms with van der Waals surface area (Å²) in [5, 5.41) is 11.6. The van der Waals surface area contributed by atoms with Gasteiger partial charge < -0.3 is 19.5 Å². The summed E-state index contributed by atoms with van der Waals surface area (Å²) in [4.78, 5) is 35.2. The number of amides is 1. The first-order valence-electron chi connectivity index (χ1n) is 12.1. The van der Waals surface area contributed by atoms with Crippen molar-refractivity contribution >= 4 is 23.1 Å². The second-order valence-corrected chi connectivity index (χ2v) is 9.12. The fourth-order valence-electron chi connectivity index (χ4n) is 5.13. The van der Waals surface area contributed by atoms with Crippen LogP contribution in [0, 0.1) is 13.8 Å². The summed E-state index contributed by atoms with van der Waals surface area (Å²) >= 11 is 0. The van der Waals surface area contributed by atoms with Crippen molar-refractivity contribution < 1.29 is 24.2 Å². The maximum atomic E-state index is 13.5. The number of para-hydroxylation sites is 1. The zero-order valence-electron chi connectivity index (χ0n) is 20.7. The Balaban J connectivity index is 1.65. The van der Waals surface area contributed by atoms with Crippen LogP contribution in [-0.2, 0) is 14.3 Å². The van der Waals surface area contributed by atoms with E-state index >= 15 is 0 Å². The fraction of sp³-hybridized carbons (Fsp3) is 0.370. The number of fused-ring (bicyclic) bond motifs is 1. The van der Waals surface area contributed by atoms with Crippen LogP contribution in [-0.4, -0.2) is 82.5 Å². The van der Waals surface area contributed by atoms with Crippen LogP contribution >= 0.6 is 0 Å². The predicted octanol–water partition coefficient (Wildman–Crippen LogP) is 2.71. The van der Waals surface area contributed by atoms with Gasteiger partial charge in [0.25, 0.3) is 11.7 Å². The van der Waals surface area contributed by atoms with E-state index in [-0.39, 0.29) is 11.3 Å². The van der Waals surface area contributed by atoms with Crippen molar-refractivity contribution in [2.75, 3.05) is 46.5 Å². The third-order valence-corrected chi connectivity index (χ3v) is 6.98. The molecule has 2 aliphatic rings. The molecule has 1 amide bonds. The molecule has 188 valence electrons. The number of aryl methyl sites for hydroxylation is 2. The number of hydrogen-bond donors (Lipinski definition) is 1. The van der Waals surface area contributed by atoms with Crippen molar-refractivity contribution in [1.82, 2.24) is 19.2 Å². The molecule has 2 aliphatic heterocycles. The van der Waals surface area contributed by atoms with Gasteiger partial charge in [0.1, 0.15) is 17.1 Å². The number of hydrogen-bond acceptors (Lipinski definition) is 7. The Kier molecular flexibility index (Phi) is 6.51. The monoisotopic (exact) mass is 490 g/mol. The van der Waals surface area contributed by atoms with Crippen LogP contribution in [0.2, 0.25) is 0 Å². The van der Waals surface area contributed by atoms with Crippen LogP contribution in [0.4, 0.5) is 0 Å². The van der Waals surface area contributed by atoms with Crippen molar-refractivity contribution in [3.05, 3.63) is 70.7 Å². The number of aliphatic hydroxyl groups is 1. The second-order valence-electron chi connectivity index (χ2n) is 9.12. The summed E-state index contributed by atoms with van der Waals surface area (Å²) in [6, 6.07) is 10.3. The Morgan fingerprint density at radius 2 is 1.86 bits per heavy atom. The summed E-state index contributed by atoms with van der Waals surface area (Å²) < 4.78 is 12.8. The molecule has 0 radical (unpaired) electrons. The van der Waals surface area contributed by atoms with Gasteiger partial charge in [0.05, 0.1) is 37.6 Å². The Labute approximate surface area is 209 Å². The number of pyridine rings is 1. The number of ether oxygens (including phenoxy) is 2. The topological polar surface area (TPSA) is 96.6 Å². The quantitative estimate of drug-likeness (QED) is 0.322. The third-order valence-electron chi connectivity index (χ3n) is 6.98. The number of aliphatic hydroxyl groups excluding tert-OH is 1. The highest BCUT2D eigenvalue weighted by molar-refractivity contribution is 6.46. The van der Waals surface area contributed by atoms with Crippen LogP contribution in [0.25, 0.3) is 11.4 Å². The van der Waals surface area contributed by atoms with E-state index in [0.29, 0.717) is 54.7 Å². The van der Waals surface area contributed by atoms with E-state index in [1.807, 2.05) is 37.3 Å². The Morgan fingerprint density at radius 1 is 1.11 bits per heavy atom. The van der Waals surface area contributed by atoms with Crippen LogP contribution in [0.5, 0.6) is 5.75 Å². The lowest BCUT2D eigenvalue weighted by atomic mass is 9.95. The van der Waals surface area contributed by atoms with E-state index < -0.39 is 17.7 Å². The number of likely N-dealkylation sites (tertiary alicyclic amines) is 1. The normalized spacial score (nSPS) is 20.4. The van der Waals surface area contributed by atoms with E-state index in [9.17, 15) is 14.7 Å². The summed E-state index contributed by atoms with van der Waals surface area (Å²) in [6.45, 7) is 7.46. The molecule has 36 heavy (non-hydrogen) atoms. The molecule has 3 aromatic rings. The van der Waals surface area contributed by atoms with E-state index in [1.54, 1.807) is 35.6 Å². The minimum Gasteiger partial charge on any atom is -0.505 e. The van der Waals surface area contributed by atoms with Gasteiger partial charge in [0, 0.05) is 37.9 Å².